The van der Waals surface area contributed by atoms with Gasteiger partial charge in [-0.05, 0) is 60.0 Å². The minimum absolute atomic E-state index is 0.277. The molecule has 45 heavy (non-hydrogen) atoms. The van der Waals surface area contributed by atoms with Crippen LogP contribution in [-0.2, 0) is 11.2 Å². The van der Waals surface area contributed by atoms with Gasteiger partial charge in [0.1, 0.15) is 17.5 Å². The fourth-order valence-corrected chi connectivity index (χ4v) is 6.67. The first-order chi connectivity index (χ1) is 21.9. The van der Waals surface area contributed by atoms with E-state index in [4.69, 9.17) is 4.74 Å². The molecular formula is C36H28N4O4S. The molecule has 8 nitrogen and oxygen atoms in total. The van der Waals surface area contributed by atoms with E-state index in [0.717, 1.165) is 42.9 Å². The number of hydrogen-bond donors (Lipinski definition) is 1. The Hall–Kier alpha value is -5.28. The second kappa shape index (κ2) is 11.7. The molecular weight excluding hydrogens is 584 g/mol. The summed E-state index contributed by atoms with van der Waals surface area (Å²) in [4.78, 5) is 43.5. The molecule has 222 valence electrons. The maximum atomic E-state index is 13.9. The summed E-state index contributed by atoms with van der Waals surface area (Å²) in [6.45, 7) is 3.62. The minimum Gasteiger partial charge on any atom is -0.455 e. The maximum absolute atomic E-state index is 13.9. The molecule has 5 aromatic rings. The number of imide groups is 1. The Kier molecular flexibility index (Phi) is 7.39. The van der Waals surface area contributed by atoms with Crippen molar-refractivity contribution in [1.29, 1.82) is 0 Å². The summed E-state index contributed by atoms with van der Waals surface area (Å²) >= 11 is 1.63. The summed E-state index contributed by atoms with van der Waals surface area (Å²) in [6, 6.07) is 31.2. The SMILES string of the molecule is CC(C)[C@@H](C(=O)Nc1nnc(-c2ccc3c(c2)Sc2ccccc2O3)cc1Cc1ccccc1)N1C(=O)c2ccccc2C1=O. The molecule has 0 radical (unpaired) electrons. The zero-order valence-electron chi connectivity index (χ0n) is 24.6. The number of aromatic nitrogens is 2. The number of nitrogens with one attached hydrogen (secondary N) is 1. The number of anilines is 1. The normalized spacial score (nSPS) is 14.0. The van der Waals surface area contributed by atoms with E-state index in [1.165, 1.54) is 0 Å². The molecule has 1 atom stereocenters. The maximum Gasteiger partial charge on any atom is 0.262 e. The van der Waals surface area contributed by atoms with Crippen LogP contribution in [0, 0.1) is 5.92 Å². The number of nitrogens with zero attached hydrogens (tertiary/aromatic N) is 3. The molecule has 1 aromatic heterocycles. The molecule has 7 rings (SSSR count). The molecule has 3 heterocycles. The Balaban J connectivity index is 1.21. The van der Waals surface area contributed by atoms with E-state index in [2.05, 4.69) is 15.5 Å². The fraction of sp³-hybridized carbons (Fsp3) is 0.139. The second-order valence-electron chi connectivity index (χ2n) is 11.3. The lowest BCUT2D eigenvalue weighted by Gasteiger charge is -2.28. The van der Waals surface area contributed by atoms with Crippen molar-refractivity contribution in [3.8, 4) is 22.8 Å². The van der Waals surface area contributed by atoms with Crippen molar-refractivity contribution in [3.63, 3.8) is 0 Å². The van der Waals surface area contributed by atoms with Crippen molar-refractivity contribution in [2.24, 2.45) is 5.92 Å². The largest absolute Gasteiger partial charge is 0.455 e. The van der Waals surface area contributed by atoms with Crippen molar-refractivity contribution in [2.75, 3.05) is 5.32 Å². The molecule has 0 unspecified atom stereocenters. The number of carbonyl (C=O) groups excluding carboxylic acids is 3. The van der Waals surface area contributed by atoms with E-state index in [1.54, 1.807) is 36.0 Å². The summed E-state index contributed by atoms with van der Waals surface area (Å²) in [7, 11) is 0. The van der Waals surface area contributed by atoms with Gasteiger partial charge in [-0.1, -0.05) is 80.2 Å². The summed E-state index contributed by atoms with van der Waals surface area (Å²) in [5.74, 6) is 0.0682. The average Bonchev–Trinajstić information content (AvgIpc) is 3.30. The van der Waals surface area contributed by atoms with E-state index >= 15 is 0 Å². The van der Waals surface area contributed by atoms with E-state index < -0.39 is 23.8 Å². The third-order valence-corrected chi connectivity index (χ3v) is 8.98. The lowest BCUT2D eigenvalue weighted by molar-refractivity contribution is -0.121. The average molecular weight is 613 g/mol. The zero-order chi connectivity index (χ0) is 31.1. The first kappa shape index (κ1) is 28.5. The molecule has 2 aliphatic rings. The third kappa shape index (κ3) is 5.36. The van der Waals surface area contributed by atoms with Crippen LogP contribution in [0.15, 0.2) is 113 Å². The van der Waals surface area contributed by atoms with E-state index in [1.807, 2.05) is 92.7 Å². The highest BCUT2D eigenvalue weighted by Gasteiger charge is 2.44. The smallest absolute Gasteiger partial charge is 0.262 e. The van der Waals surface area contributed by atoms with Crippen molar-refractivity contribution < 1.29 is 19.1 Å². The molecule has 0 saturated carbocycles. The third-order valence-electron chi connectivity index (χ3n) is 7.88. The van der Waals surface area contributed by atoms with Crippen LogP contribution in [0.25, 0.3) is 11.3 Å². The molecule has 1 N–H and O–H groups in total. The number of rotatable bonds is 7. The van der Waals surface area contributed by atoms with Crippen LogP contribution in [0.2, 0.25) is 0 Å². The number of benzene rings is 4. The number of ether oxygens (including phenoxy) is 1. The van der Waals surface area contributed by atoms with Crippen LogP contribution >= 0.6 is 11.8 Å². The first-order valence-electron chi connectivity index (χ1n) is 14.6. The topological polar surface area (TPSA) is 101 Å². The minimum atomic E-state index is -1.04. The lowest BCUT2D eigenvalue weighted by atomic mass is 10.0. The Morgan fingerprint density at radius 1 is 0.800 bits per heavy atom. The molecule has 0 saturated heterocycles. The van der Waals surface area contributed by atoms with Gasteiger partial charge in [0.25, 0.3) is 11.8 Å². The molecule has 0 bridgehead atoms. The van der Waals surface area contributed by atoms with Gasteiger partial charge < -0.3 is 10.1 Å². The number of amides is 3. The van der Waals surface area contributed by atoms with Gasteiger partial charge in [0, 0.05) is 17.5 Å². The van der Waals surface area contributed by atoms with Crippen molar-refractivity contribution >= 4 is 35.3 Å². The molecule has 0 fully saturated rings. The van der Waals surface area contributed by atoms with Crippen LogP contribution < -0.4 is 10.1 Å². The predicted octanol–water partition coefficient (Wildman–Crippen LogP) is 7.25. The Labute approximate surface area is 264 Å². The van der Waals surface area contributed by atoms with Crippen LogP contribution in [0.5, 0.6) is 11.5 Å². The van der Waals surface area contributed by atoms with Gasteiger partial charge in [0.15, 0.2) is 5.82 Å². The van der Waals surface area contributed by atoms with Gasteiger partial charge in [0.05, 0.1) is 26.6 Å². The number of para-hydroxylation sites is 1. The van der Waals surface area contributed by atoms with Crippen LogP contribution in [0.4, 0.5) is 5.82 Å². The van der Waals surface area contributed by atoms with Crippen molar-refractivity contribution in [2.45, 2.75) is 36.1 Å². The standard InChI is InChI=1S/C36H28N4O4S/c1-21(2)32(40-35(42)25-12-6-7-13-26(25)36(40)43)34(41)37-33-24(18-22-10-4-3-5-11-22)19-27(38-39-33)23-16-17-29-31(20-23)45-30-15-9-8-14-28(30)44-29/h3-17,19-21,32H,18H2,1-2H3,(H,37,39,41)/t32-/m0/s1. The molecule has 9 heteroatoms. The summed E-state index contributed by atoms with van der Waals surface area (Å²) < 4.78 is 6.10. The fourth-order valence-electron chi connectivity index (χ4n) is 5.68. The van der Waals surface area contributed by atoms with Crippen LogP contribution in [0.3, 0.4) is 0 Å². The van der Waals surface area contributed by atoms with E-state index in [-0.39, 0.29) is 11.7 Å². The Morgan fingerprint density at radius 2 is 1.47 bits per heavy atom. The van der Waals surface area contributed by atoms with Gasteiger partial charge in [-0.15, -0.1) is 10.2 Å². The quantitative estimate of drug-likeness (QED) is 0.190. The number of fused-ring (bicyclic) bond motifs is 3. The number of carbonyl (C=O) groups is 3. The second-order valence-corrected chi connectivity index (χ2v) is 12.4. The van der Waals surface area contributed by atoms with Crippen LogP contribution in [0.1, 0.15) is 45.7 Å². The molecule has 3 amide bonds. The molecule has 0 spiro atoms. The highest BCUT2D eigenvalue weighted by molar-refractivity contribution is 7.99. The van der Waals surface area contributed by atoms with E-state index in [0.29, 0.717) is 23.2 Å². The highest BCUT2D eigenvalue weighted by Crippen LogP contribution is 2.47. The van der Waals surface area contributed by atoms with Gasteiger partial charge in [-0.3, -0.25) is 19.3 Å². The Morgan fingerprint density at radius 3 is 2.20 bits per heavy atom. The van der Waals surface area contributed by atoms with Gasteiger partial charge in [0.2, 0.25) is 5.91 Å². The molecule has 4 aromatic carbocycles. The summed E-state index contributed by atoms with van der Waals surface area (Å²) in [6.07, 6.45) is 0.481. The van der Waals surface area contributed by atoms with Gasteiger partial charge >= 0.3 is 0 Å². The monoisotopic (exact) mass is 612 g/mol. The number of hydrogen-bond acceptors (Lipinski definition) is 7. The van der Waals surface area contributed by atoms with Crippen molar-refractivity contribution in [3.05, 3.63) is 125 Å². The van der Waals surface area contributed by atoms with Crippen molar-refractivity contribution in [1.82, 2.24) is 15.1 Å². The summed E-state index contributed by atoms with van der Waals surface area (Å²) in [5, 5.41) is 11.9. The molecule has 2 aliphatic heterocycles. The highest BCUT2D eigenvalue weighted by atomic mass is 32.2. The first-order valence-corrected chi connectivity index (χ1v) is 15.5. The molecule has 0 aliphatic carbocycles. The van der Waals surface area contributed by atoms with Gasteiger partial charge in [-0.25, -0.2) is 0 Å². The predicted molar refractivity (Wildman–Crippen MR) is 172 cm³/mol. The lowest BCUT2D eigenvalue weighted by Crippen LogP contribution is -2.50. The van der Waals surface area contributed by atoms with E-state index in [9.17, 15) is 14.4 Å². The van der Waals surface area contributed by atoms with Gasteiger partial charge in [-0.2, -0.15) is 0 Å². The summed E-state index contributed by atoms with van der Waals surface area (Å²) in [5.41, 5.74) is 3.87. The Bertz CT molecular complexity index is 1940. The zero-order valence-corrected chi connectivity index (χ0v) is 25.4. The van der Waals surface area contributed by atoms with Crippen LogP contribution in [-0.4, -0.2) is 38.9 Å².